The number of sulfone groups is 1. The monoisotopic (exact) mass is 275 g/mol. The van der Waals surface area contributed by atoms with E-state index in [1.807, 2.05) is 0 Å². The van der Waals surface area contributed by atoms with Gasteiger partial charge in [0.15, 0.2) is 0 Å². The minimum absolute atomic E-state index is 0.358. The second-order valence-electron chi connectivity index (χ2n) is 5.81. The Morgan fingerprint density at radius 3 is 2.61 bits per heavy atom. The second-order valence-corrected chi connectivity index (χ2v) is 8.07. The zero-order valence-corrected chi connectivity index (χ0v) is 12.8. The molecule has 0 aromatic heterocycles. The van der Waals surface area contributed by atoms with Crippen molar-refractivity contribution in [1.29, 1.82) is 0 Å². The second kappa shape index (κ2) is 8.16. The van der Waals surface area contributed by atoms with E-state index in [2.05, 4.69) is 12.2 Å². The van der Waals surface area contributed by atoms with Crippen molar-refractivity contribution in [1.82, 2.24) is 5.32 Å². The Bertz CT molecular complexity index is 314. The summed E-state index contributed by atoms with van der Waals surface area (Å²) in [4.78, 5) is 0. The van der Waals surface area contributed by atoms with E-state index in [-0.39, 0.29) is 0 Å². The highest BCUT2D eigenvalue weighted by atomic mass is 32.2. The summed E-state index contributed by atoms with van der Waals surface area (Å²) in [5.74, 6) is 1.08. The van der Waals surface area contributed by atoms with Gasteiger partial charge in [0.1, 0.15) is 9.84 Å². The number of hydrogen-bond acceptors (Lipinski definition) is 3. The molecule has 3 nitrogen and oxygen atoms in total. The van der Waals surface area contributed by atoms with Crippen LogP contribution in [0.1, 0.15) is 58.3 Å². The Labute approximate surface area is 113 Å². The van der Waals surface area contributed by atoms with Crippen molar-refractivity contribution in [2.24, 2.45) is 5.92 Å². The Balaban J connectivity index is 2.30. The first-order valence-corrected chi connectivity index (χ1v) is 9.48. The summed E-state index contributed by atoms with van der Waals surface area (Å²) in [6.45, 7) is 3.31. The molecule has 0 aromatic rings. The van der Waals surface area contributed by atoms with Crippen LogP contribution in [0.15, 0.2) is 0 Å². The summed E-state index contributed by atoms with van der Waals surface area (Å²) in [6.07, 6.45) is 10.9. The van der Waals surface area contributed by atoms with Crippen LogP contribution in [0.25, 0.3) is 0 Å². The van der Waals surface area contributed by atoms with Gasteiger partial charge in [0, 0.05) is 18.1 Å². The van der Waals surface area contributed by atoms with E-state index in [4.69, 9.17) is 0 Å². The first-order valence-electron chi connectivity index (χ1n) is 7.42. The molecule has 18 heavy (non-hydrogen) atoms. The molecule has 1 rings (SSSR count). The van der Waals surface area contributed by atoms with Crippen LogP contribution in [0.5, 0.6) is 0 Å². The molecule has 0 heterocycles. The molecule has 1 N–H and O–H groups in total. The average Bonchev–Trinajstić information content (AvgIpc) is 2.50. The van der Waals surface area contributed by atoms with Crippen LogP contribution >= 0.6 is 0 Å². The van der Waals surface area contributed by atoms with Crippen molar-refractivity contribution in [3.8, 4) is 0 Å². The van der Waals surface area contributed by atoms with Crippen molar-refractivity contribution < 1.29 is 8.42 Å². The van der Waals surface area contributed by atoms with Gasteiger partial charge < -0.3 is 5.32 Å². The molecule has 0 spiro atoms. The Hall–Kier alpha value is -0.0900. The van der Waals surface area contributed by atoms with Crippen LogP contribution in [-0.4, -0.2) is 33.0 Å². The molecule has 0 aliphatic heterocycles. The van der Waals surface area contributed by atoms with Crippen molar-refractivity contribution >= 4 is 9.84 Å². The molecule has 2 atom stereocenters. The van der Waals surface area contributed by atoms with Crippen molar-refractivity contribution in [3.63, 3.8) is 0 Å². The van der Waals surface area contributed by atoms with E-state index >= 15 is 0 Å². The normalized spacial score (nSPS) is 25.9. The summed E-state index contributed by atoms with van der Waals surface area (Å²) < 4.78 is 22.3. The third kappa shape index (κ3) is 7.37. The minimum Gasteiger partial charge on any atom is -0.314 e. The highest BCUT2D eigenvalue weighted by molar-refractivity contribution is 7.90. The van der Waals surface area contributed by atoms with E-state index in [0.29, 0.717) is 11.8 Å². The highest BCUT2D eigenvalue weighted by Crippen LogP contribution is 2.27. The molecule has 1 aliphatic rings. The van der Waals surface area contributed by atoms with Crippen LogP contribution in [0.4, 0.5) is 0 Å². The van der Waals surface area contributed by atoms with E-state index in [1.54, 1.807) is 0 Å². The van der Waals surface area contributed by atoms with Crippen LogP contribution in [0.3, 0.4) is 0 Å². The lowest BCUT2D eigenvalue weighted by molar-refractivity contribution is 0.366. The van der Waals surface area contributed by atoms with Crippen molar-refractivity contribution in [3.05, 3.63) is 0 Å². The summed E-state index contributed by atoms with van der Waals surface area (Å²) in [6, 6.07) is 0.663. The molecule has 0 bridgehead atoms. The standard InChI is InChI=1S/C14H29NO2S/c1-3-10-15-14-9-5-4-7-13(12-14)8-6-11-18(2,16)17/h13-15H,3-12H2,1-2H3. The molecule has 1 aliphatic carbocycles. The smallest absolute Gasteiger partial charge is 0.147 e. The summed E-state index contributed by atoms with van der Waals surface area (Å²) in [5.41, 5.74) is 0. The van der Waals surface area contributed by atoms with Crippen LogP contribution < -0.4 is 5.32 Å². The molecule has 1 saturated carbocycles. The third-order valence-corrected chi connectivity index (χ3v) is 4.87. The van der Waals surface area contributed by atoms with Crippen LogP contribution in [0, 0.1) is 5.92 Å². The van der Waals surface area contributed by atoms with Gasteiger partial charge in [-0.15, -0.1) is 0 Å². The fraction of sp³-hybridized carbons (Fsp3) is 1.00. The number of rotatable bonds is 7. The van der Waals surface area contributed by atoms with Gasteiger partial charge in [0.05, 0.1) is 0 Å². The number of nitrogens with one attached hydrogen (secondary N) is 1. The lowest BCUT2D eigenvalue weighted by Gasteiger charge is -2.21. The van der Waals surface area contributed by atoms with Gasteiger partial charge in [-0.05, 0) is 44.6 Å². The summed E-state index contributed by atoms with van der Waals surface area (Å²) in [7, 11) is -2.78. The highest BCUT2D eigenvalue weighted by Gasteiger charge is 2.19. The first kappa shape index (κ1) is 16.0. The maximum atomic E-state index is 11.1. The third-order valence-electron chi connectivity index (χ3n) is 3.84. The maximum Gasteiger partial charge on any atom is 0.147 e. The van der Waals surface area contributed by atoms with Gasteiger partial charge in [-0.25, -0.2) is 8.42 Å². The quantitative estimate of drug-likeness (QED) is 0.727. The molecule has 2 unspecified atom stereocenters. The zero-order valence-electron chi connectivity index (χ0n) is 12.0. The summed E-state index contributed by atoms with van der Waals surface area (Å²) in [5, 5.41) is 3.63. The Kier molecular flexibility index (Phi) is 7.23. The lowest BCUT2D eigenvalue weighted by atomic mass is 9.93. The van der Waals surface area contributed by atoms with E-state index in [1.165, 1.54) is 44.8 Å². The molecule has 1 fully saturated rings. The SMILES string of the molecule is CCCNC1CCCCC(CCCS(C)(=O)=O)C1. The number of hydrogen-bond donors (Lipinski definition) is 1. The van der Waals surface area contributed by atoms with Crippen LogP contribution in [0.2, 0.25) is 0 Å². The van der Waals surface area contributed by atoms with Crippen molar-refractivity contribution in [2.75, 3.05) is 18.6 Å². The van der Waals surface area contributed by atoms with Crippen LogP contribution in [-0.2, 0) is 9.84 Å². The van der Waals surface area contributed by atoms with Gasteiger partial charge in [-0.3, -0.25) is 0 Å². The van der Waals surface area contributed by atoms with Gasteiger partial charge in [0.2, 0.25) is 0 Å². The van der Waals surface area contributed by atoms with Crippen molar-refractivity contribution in [2.45, 2.75) is 64.3 Å². The predicted molar refractivity (Wildman–Crippen MR) is 77.6 cm³/mol. The fourth-order valence-electron chi connectivity index (χ4n) is 2.89. The largest absolute Gasteiger partial charge is 0.314 e. The molecule has 0 radical (unpaired) electrons. The van der Waals surface area contributed by atoms with Gasteiger partial charge in [-0.2, -0.15) is 0 Å². The molecule has 0 saturated heterocycles. The van der Waals surface area contributed by atoms with Gasteiger partial charge in [0.25, 0.3) is 0 Å². The summed E-state index contributed by atoms with van der Waals surface area (Å²) >= 11 is 0. The van der Waals surface area contributed by atoms with Gasteiger partial charge in [-0.1, -0.05) is 26.2 Å². The average molecular weight is 275 g/mol. The van der Waals surface area contributed by atoms with E-state index in [0.717, 1.165) is 25.3 Å². The molecule has 108 valence electrons. The zero-order chi connectivity index (χ0) is 13.4. The van der Waals surface area contributed by atoms with E-state index in [9.17, 15) is 8.42 Å². The molecular weight excluding hydrogens is 246 g/mol. The molecule has 0 aromatic carbocycles. The fourth-order valence-corrected chi connectivity index (χ4v) is 3.58. The molecular formula is C14H29NO2S. The van der Waals surface area contributed by atoms with Gasteiger partial charge >= 0.3 is 0 Å². The molecule has 0 amide bonds. The Morgan fingerprint density at radius 1 is 1.22 bits per heavy atom. The lowest BCUT2D eigenvalue weighted by Crippen LogP contribution is -2.30. The van der Waals surface area contributed by atoms with E-state index < -0.39 is 9.84 Å². The molecule has 4 heteroatoms. The Morgan fingerprint density at radius 2 is 1.94 bits per heavy atom. The topological polar surface area (TPSA) is 46.2 Å². The maximum absolute atomic E-state index is 11.1. The minimum atomic E-state index is -2.78. The predicted octanol–water partition coefficient (Wildman–Crippen LogP) is 2.76. The first-order chi connectivity index (χ1) is 8.51.